The summed E-state index contributed by atoms with van der Waals surface area (Å²) in [6, 6.07) is 0. The summed E-state index contributed by atoms with van der Waals surface area (Å²) in [6.07, 6.45) is 18.4. The SMILES string of the molecule is C[Si](C)(Cl)C1=[C-]CC=C1.[C-]1=CC=CC1.[Cl-].[Cl-].[Zr+4]. The average Bonchev–Trinajstić information content (AvgIpc) is 2.80. The van der Waals surface area contributed by atoms with Crippen molar-refractivity contribution in [3.8, 4) is 0 Å². The van der Waals surface area contributed by atoms with E-state index < -0.39 is 7.38 Å². The fourth-order valence-corrected chi connectivity index (χ4v) is 2.58. The van der Waals surface area contributed by atoms with Crippen LogP contribution in [0.1, 0.15) is 12.8 Å². The third kappa shape index (κ3) is 10.5. The van der Waals surface area contributed by atoms with E-state index in [1.165, 1.54) is 5.20 Å². The molecule has 5 heteroatoms. The van der Waals surface area contributed by atoms with Crippen molar-refractivity contribution in [2.24, 2.45) is 0 Å². The van der Waals surface area contributed by atoms with E-state index in [1.807, 2.05) is 12.2 Å². The molecule has 0 aromatic heterocycles. The van der Waals surface area contributed by atoms with Gasteiger partial charge in [0.2, 0.25) is 0 Å². The molecule has 0 saturated heterocycles. The fraction of sp³-hybridized carbons (Fsp3) is 0.333. The van der Waals surface area contributed by atoms with E-state index in [-0.39, 0.29) is 51.0 Å². The van der Waals surface area contributed by atoms with Crippen molar-refractivity contribution in [1.82, 2.24) is 0 Å². The van der Waals surface area contributed by atoms with Gasteiger partial charge in [-0.05, 0) is 0 Å². The molecule has 0 aromatic rings. The Morgan fingerprint density at radius 2 is 1.82 bits per heavy atom. The van der Waals surface area contributed by atoms with E-state index in [0.29, 0.717) is 0 Å². The van der Waals surface area contributed by atoms with E-state index in [0.717, 1.165) is 12.8 Å². The maximum Gasteiger partial charge on any atom is 4.00 e. The first-order valence-electron chi connectivity index (χ1n) is 4.79. The van der Waals surface area contributed by atoms with Crippen molar-refractivity contribution < 1.29 is 51.0 Å². The van der Waals surface area contributed by atoms with Gasteiger partial charge in [-0.15, -0.1) is 12.8 Å². The summed E-state index contributed by atoms with van der Waals surface area (Å²) in [4.78, 5) is 0. The molecule has 0 aromatic carbocycles. The minimum atomic E-state index is -1.53. The van der Waals surface area contributed by atoms with Crippen LogP contribution in [0.25, 0.3) is 0 Å². The molecule has 0 N–H and O–H groups in total. The Morgan fingerprint density at radius 3 is 2.00 bits per heavy atom. The number of rotatable bonds is 1. The van der Waals surface area contributed by atoms with Crippen LogP contribution in [-0.2, 0) is 26.2 Å². The van der Waals surface area contributed by atoms with Gasteiger partial charge in [0.1, 0.15) is 7.38 Å². The van der Waals surface area contributed by atoms with Crippen LogP contribution in [0.5, 0.6) is 0 Å². The van der Waals surface area contributed by atoms with Gasteiger partial charge >= 0.3 is 26.2 Å². The Balaban J connectivity index is -0.000000216. The molecule has 0 bridgehead atoms. The van der Waals surface area contributed by atoms with Crippen molar-refractivity contribution in [1.29, 1.82) is 0 Å². The molecular weight excluding hydrogens is 370 g/mol. The first-order valence-corrected chi connectivity index (χ1v) is 8.80. The van der Waals surface area contributed by atoms with E-state index in [9.17, 15) is 0 Å². The molecule has 0 aliphatic heterocycles. The Kier molecular flexibility index (Phi) is 16.3. The molecule has 2 aliphatic rings. The second-order valence-corrected chi connectivity index (χ2v) is 9.99. The molecule has 0 radical (unpaired) electrons. The molecule has 0 fully saturated rings. The van der Waals surface area contributed by atoms with Gasteiger partial charge in [0.05, 0.1) is 0 Å². The van der Waals surface area contributed by atoms with Crippen LogP contribution < -0.4 is 24.8 Å². The molecule has 0 nitrogen and oxygen atoms in total. The summed E-state index contributed by atoms with van der Waals surface area (Å²) in [7, 11) is -1.53. The molecule has 0 amide bonds. The topological polar surface area (TPSA) is 0 Å². The van der Waals surface area contributed by atoms with Crippen LogP contribution in [0.15, 0.2) is 35.6 Å². The summed E-state index contributed by atoms with van der Waals surface area (Å²) in [5.74, 6) is 0. The number of hydrogen-bond acceptors (Lipinski definition) is 0. The van der Waals surface area contributed by atoms with Gasteiger partial charge in [0.15, 0.2) is 0 Å². The standard InChI is InChI=1S/C7H10ClSi.C5H5.2ClH.Zr/c1-9(2,8)7-5-3-4-6-7;1-2-4-5-3-1;;;/h3,5H,4H2,1-2H3;1-3H,4H2;2*1H;/q2*-1;;;+4/p-2. The van der Waals surface area contributed by atoms with Crippen molar-refractivity contribution in [2.45, 2.75) is 25.9 Å². The van der Waals surface area contributed by atoms with Crippen LogP contribution >= 0.6 is 11.1 Å². The zero-order chi connectivity index (χ0) is 10.4. The zero-order valence-corrected chi connectivity index (χ0v) is 15.7. The summed E-state index contributed by atoms with van der Waals surface area (Å²) < 4.78 is 0. The first-order chi connectivity index (χ1) is 6.61. The minimum absolute atomic E-state index is 0. The molecular formula is C12H15Cl3SiZr. The Hall–Kier alpha value is 0.930. The number of hydrogen-bond donors (Lipinski definition) is 0. The van der Waals surface area contributed by atoms with Gasteiger partial charge in [-0.1, -0.05) is 13.1 Å². The van der Waals surface area contributed by atoms with E-state index in [4.69, 9.17) is 11.1 Å². The predicted molar refractivity (Wildman–Crippen MR) is 65.4 cm³/mol. The van der Waals surface area contributed by atoms with E-state index in [1.54, 1.807) is 0 Å². The normalized spacial score (nSPS) is 14.9. The van der Waals surface area contributed by atoms with Crippen LogP contribution in [0, 0.1) is 12.2 Å². The van der Waals surface area contributed by atoms with E-state index >= 15 is 0 Å². The Labute approximate surface area is 142 Å². The zero-order valence-electron chi connectivity index (χ0n) is 9.93. The largest absolute Gasteiger partial charge is 4.00 e. The Bertz CT molecular complexity index is 291. The number of allylic oxidation sites excluding steroid dienone is 8. The van der Waals surface area contributed by atoms with Crippen LogP contribution in [0.4, 0.5) is 0 Å². The molecule has 2 aliphatic carbocycles. The predicted octanol–water partition coefficient (Wildman–Crippen LogP) is -2.03. The van der Waals surface area contributed by atoms with Crippen molar-refractivity contribution in [3.63, 3.8) is 0 Å². The molecule has 0 saturated carbocycles. The first kappa shape index (κ1) is 23.1. The Morgan fingerprint density at radius 1 is 1.18 bits per heavy atom. The third-order valence-corrected chi connectivity index (χ3v) is 4.16. The van der Waals surface area contributed by atoms with Gasteiger partial charge < -0.3 is 24.8 Å². The molecule has 2 rings (SSSR count). The quantitative estimate of drug-likeness (QED) is 0.278. The third-order valence-electron chi connectivity index (χ3n) is 1.92. The molecule has 92 valence electrons. The molecule has 0 atom stereocenters. The van der Waals surface area contributed by atoms with Crippen molar-refractivity contribution in [2.75, 3.05) is 0 Å². The monoisotopic (exact) mass is 382 g/mol. The second kappa shape index (κ2) is 12.0. The van der Waals surface area contributed by atoms with E-state index in [2.05, 4.69) is 43.5 Å². The van der Waals surface area contributed by atoms with Gasteiger partial charge in [0.25, 0.3) is 0 Å². The van der Waals surface area contributed by atoms with Crippen LogP contribution in [-0.4, -0.2) is 7.38 Å². The maximum atomic E-state index is 6.13. The maximum absolute atomic E-state index is 6.13. The van der Waals surface area contributed by atoms with Crippen LogP contribution in [0.3, 0.4) is 0 Å². The molecule has 0 heterocycles. The van der Waals surface area contributed by atoms with Crippen LogP contribution in [0.2, 0.25) is 13.1 Å². The summed E-state index contributed by atoms with van der Waals surface area (Å²) in [5.41, 5.74) is 0. The molecule has 17 heavy (non-hydrogen) atoms. The summed E-state index contributed by atoms with van der Waals surface area (Å²) in [5, 5.41) is 1.25. The summed E-state index contributed by atoms with van der Waals surface area (Å²) >= 11 is 6.13. The van der Waals surface area contributed by atoms with Gasteiger partial charge in [-0.2, -0.15) is 23.2 Å². The van der Waals surface area contributed by atoms with Gasteiger partial charge in [-0.25, -0.2) is 23.4 Å². The van der Waals surface area contributed by atoms with Crippen molar-refractivity contribution in [3.05, 3.63) is 47.7 Å². The molecule has 0 unspecified atom stereocenters. The second-order valence-electron chi connectivity index (χ2n) is 3.67. The number of halogens is 3. The minimum Gasteiger partial charge on any atom is -1.00 e. The van der Waals surface area contributed by atoms with Crippen molar-refractivity contribution >= 4 is 18.5 Å². The van der Waals surface area contributed by atoms with Gasteiger partial charge in [0, 0.05) is 0 Å². The fourth-order valence-electron chi connectivity index (χ4n) is 1.15. The smallest absolute Gasteiger partial charge is 1.00 e. The average molecular weight is 385 g/mol. The van der Waals surface area contributed by atoms with Gasteiger partial charge in [-0.3, -0.25) is 12.2 Å². The molecule has 0 spiro atoms. The summed E-state index contributed by atoms with van der Waals surface area (Å²) in [6.45, 7) is 4.24.